The molecule has 1 aliphatic heterocycles. The van der Waals surface area contributed by atoms with Crippen molar-refractivity contribution in [1.29, 1.82) is 0 Å². The zero-order valence-corrected chi connectivity index (χ0v) is 8.49. The number of carboxylic acid groups (broad SMARTS) is 1. The third kappa shape index (κ3) is 1.78. The van der Waals surface area contributed by atoms with E-state index in [-0.39, 0.29) is 0 Å². The van der Waals surface area contributed by atoms with Gasteiger partial charge in [-0.2, -0.15) is 0 Å². The summed E-state index contributed by atoms with van der Waals surface area (Å²) in [6, 6.07) is 7.75. The number of rotatable bonds is 1. The first-order valence-corrected chi connectivity index (χ1v) is 4.79. The second kappa shape index (κ2) is 3.87. The average Bonchev–Trinajstić information content (AvgIpc) is 2.27. The molecule has 0 spiro atoms. The lowest BCUT2D eigenvalue weighted by Crippen LogP contribution is -2.13. The molecular formula is C12H12O3. The number of aliphatic carboxylic acids is 1. The van der Waals surface area contributed by atoms with Crippen molar-refractivity contribution in [3.63, 3.8) is 0 Å². The summed E-state index contributed by atoms with van der Waals surface area (Å²) in [7, 11) is 0. The highest BCUT2D eigenvalue weighted by Gasteiger charge is 2.18. The molecule has 0 radical (unpaired) electrons. The standard InChI is InChI=1S/C12H12O3/c1-8(12(13)14)11-7-15-6-9-4-2-3-5-10(9)11/h2-5H,6-7H2,1H3,(H,13,14)/b11-8+. The van der Waals surface area contributed by atoms with E-state index in [1.165, 1.54) is 0 Å². The minimum absolute atomic E-state index is 0.363. The molecule has 1 N–H and O–H groups in total. The number of benzene rings is 1. The van der Waals surface area contributed by atoms with Crippen LogP contribution in [-0.4, -0.2) is 17.7 Å². The zero-order valence-electron chi connectivity index (χ0n) is 8.49. The Kier molecular flexibility index (Phi) is 2.56. The number of carbonyl (C=O) groups is 1. The minimum atomic E-state index is -0.884. The molecule has 0 bridgehead atoms. The van der Waals surface area contributed by atoms with Crippen LogP contribution in [0.25, 0.3) is 5.57 Å². The molecule has 1 aromatic carbocycles. The van der Waals surface area contributed by atoms with Gasteiger partial charge in [-0.15, -0.1) is 0 Å². The van der Waals surface area contributed by atoms with E-state index in [9.17, 15) is 4.79 Å². The predicted octanol–water partition coefficient (Wildman–Crippen LogP) is 2.07. The largest absolute Gasteiger partial charge is 0.478 e. The van der Waals surface area contributed by atoms with Gasteiger partial charge in [0.1, 0.15) is 0 Å². The SMILES string of the molecule is C/C(C(=O)O)=C1/COCc2ccccc21. The maximum absolute atomic E-state index is 10.9. The lowest BCUT2D eigenvalue weighted by Gasteiger charge is -2.20. The molecule has 0 unspecified atom stereocenters. The van der Waals surface area contributed by atoms with Crippen LogP contribution in [0.15, 0.2) is 29.8 Å². The Morgan fingerprint density at radius 1 is 1.33 bits per heavy atom. The smallest absolute Gasteiger partial charge is 0.331 e. The topological polar surface area (TPSA) is 46.5 Å². The summed E-state index contributed by atoms with van der Waals surface area (Å²) in [5, 5.41) is 8.95. The molecule has 0 saturated heterocycles. The molecule has 0 aromatic heterocycles. The Hall–Kier alpha value is -1.61. The molecule has 1 aliphatic rings. The lowest BCUT2D eigenvalue weighted by molar-refractivity contribution is -0.132. The van der Waals surface area contributed by atoms with Crippen molar-refractivity contribution in [3.05, 3.63) is 41.0 Å². The van der Waals surface area contributed by atoms with Crippen molar-refractivity contribution in [3.8, 4) is 0 Å². The van der Waals surface area contributed by atoms with Crippen LogP contribution in [0.4, 0.5) is 0 Å². The van der Waals surface area contributed by atoms with Crippen molar-refractivity contribution in [1.82, 2.24) is 0 Å². The summed E-state index contributed by atoms with van der Waals surface area (Å²) in [5.74, 6) is -0.884. The predicted molar refractivity (Wildman–Crippen MR) is 56.3 cm³/mol. The van der Waals surface area contributed by atoms with Crippen molar-refractivity contribution >= 4 is 11.5 Å². The van der Waals surface area contributed by atoms with Crippen LogP contribution >= 0.6 is 0 Å². The van der Waals surface area contributed by atoms with Gasteiger partial charge in [-0.1, -0.05) is 24.3 Å². The van der Waals surface area contributed by atoms with Crippen LogP contribution in [0.5, 0.6) is 0 Å². The van der Waals surface area contributed by atoms with Gasteiger partial charge < -0.3 is 9.84 Å². The second-order valence-electron chi connectivity index (χ2n) is 3.56. The molecule has 0 amide bonds. The van der Waals surface area contributed by atoms with E-state index in [4.69, 9.17) is 9.84 Å². The fraction of sp³-hybridized carbons (Fsp3) is 0.250. The van der Waals surface area contributed by atoms with Crippen LogP contribution in [0.1, 0.15) is 18.1 Å². The molecule has 1 heterocycles. The normalized spacial score (nSPS) is 18.2. The maximum atomic E-state index is 10.9. The zero-order chi connectivity index (χ0) is 10.8. The van der Waals surface area contributed by atoms with Gasteiger partial charge in [0.25, 0.3) is 0 Å². The molecule has 0 atom stereocenters. The molecule has 78 valence electrons. The van der Waals surface area contributed by atoms with Crippen molar-refractivity contribution in [2.24, 2.45) is 0 Å². The third-order valence-corrected chi connectivity index (χ3v) is 2.62. The molecule has 0 aliphatic carbocycles. The van der Waals surface area contributed by atoms with Gasteiger partial charge in [-0.3, -0.25) is 0 Å². The molecule has 15 heavy (non-hydrogen) atoms. The van der Waals surface area contributed by atoms with Crippen LogP contribution < -0.4 is 0 Å². The molecule has 3 heteroatoms. The Labute approximate surface area is 88.0 Å². The quantitative estimate of drug-likeness (QED) is 0.712. The van der Waals surface area contributed by atoms with E-state index in [1.54, 1.807) is 6.92 Å². The van der Waals surface area contributed by atoms with Crippen LogP contribution in [0.3, 0.4) is 0 Å². The molecule has 0 fully saturated rings. The lowest BCUT2D eigenvalue weighted by atomic mass is 9.95. The third-order valence-electron chi connectivity index (χ3n) is 2.62. The summed E-state index contributed by atoms with van der Waals surface area (Å²) < 4.78 is 5.36. The summed E-state index contributed by atoms with van der Waals surface area (Å²) in [5.41, 5.74) is 3.20. The Balaban J connectivity index is 2.55. The Morgan fingerprint density at radius 3 is 2.80 bits per heavy atom. The van der Waals surface area contributed by atoms with E-state index in [0.29, 0.717) is 18.8 Å². The van der Waals surface area contributed by atoms with Gasteiger partial charge in [0.05, 0.1) is 13.2 Å². The highest BCUT2D eigenvalue weighted by molar-refractivity contribution is 5.96. The molecule has 3 nitrogen and oxygen atoms in total. The highest BCUT2D eigenvalue weighted by atomic mass is 16.5. The number of hydrogen-bond acceptors (Lipinski definition) is 2. The van der Waals surface area contributed by atoms with Crippen molar-refractivity contribution < 1.29 is 14.6 Å². The molecule has 1 aromatic rings. The number of fused-ring (bicyclic) bond motifs is 1. The maximum Gasteiger partial charge on any atom is 0.331 e. The monoisotopic (exact) mass is 204 g/mol. The summed E-state index contributed by atoms with van der Waals surface area (Å²) in [6.07, 6.45) is 0. The fourth-order valence-corrected chi connectivity index (χ4v) is 1.72. The fourth-order valence-electron chi connectivity index (χ4n) is 1.72. The molecular weight excluding hydrogens is 192 g/mol. The van der Waals surface area contributed by atoms with E-state index >= 15 is 0 Å². The van der Waals surface area contributed by atoms with Crippen LogP contribution in [-0.2, 0) is 16.1 Å². The summed E-state index contributed by atoms with van der Waals surface area (Å²) >= 11 is 0. The van der Waals surface area contributed by atoms with E-state index in [0.717, 1.165) is 16.7 Å². The van der Waals surface area contributed by atoms with Crippen molar-refractivity contribution in [2.45, 2.75) is 13.5 Å². The number of hydrogen-bond donors (Lipinski definition) is 1. The number of ether oxygens (including phenoxy) is 1. The van der Waals surface area contributed by atoms with Gasteiger partial charge in [0, 0.05) is 5.57 Å². The van der Waals surface area contributed by atoms with Gasteiger partial charge in [0.15, 0.2) is 0 Å². The van der Waals surface area contributed by atoms with Crippen LogP contribution in [0, 0.1) is 0 Å². The van der Waals surface area contributed by atoms with Gasteiger partial charge in [-0.25, -0.2) is 4.79 Å². The van der Waals surface area contributed by atoms with Crippen molar-refractivity contribution in [2.75, 3.05) is 6.61 Å². The average molecular weight is 204 g/mol. The first-order chi connectivity index (χ1) is 7.20. The van der Waals surface area contributed by atoms with E-state index < -0.39 is 5.97 Å². The summed E-state index contributed by atoms with van der Waals surface area (Å²) in [6.45, 7) is 2.56. The highest BCUT2D eigenvalue weighted by Crippen LogP contribution is 2.27. The minimum Gasteiger partial charge on any atom is -0.478 e. The van der Waals surface area contributed by atoms with E-state index in [1.807, 2.05) is 24.3 Å². The van der Waals surface area contributed by atoms with Gasteiger partial charge >= 0.3 is 5.97 Å². The Morgan fingerprint density at radius 2 is 2.07 bits per heavy atom. The first kappa shape index (κ1) is 9.93. The van der Waals surface area contributed by atoms with E-state index in [2.05, 4.69) is 0 Å². The second-order valence-corrected chi connectivity index (χ2v) is 3.56. The first-order valence-electron chi connectivity index (χ1n) is 4.79. The Bertz CT molecular complexity index is 432. The van der Waals surface area contributed by atoms with Gasteiger partial charge in [0.2, 0.25) is 0 Å². The number of carboxylic acids is 1. The van der Waals surface area contributed by atoms with Crippen LogP contribution in [0.2, 0.25) is 0 Å². The molecule has 0 saturated carbocycles. The summed E-state index contributed by atoms with van der Waals surface area (Å²) in [4.78, 5) is 10.9. The van der Waals surface area contributed by atoms with Gasteiger partial charge in [-0.05, 0) is 23.6 Å². The molecule has 2 rings (SSSR count).